The van der Waals surface area contributed by atoms with Gasteiger partial charge in [-0.3, -0.25) is 9.10 Å². The summed E-state index contributed by atoms with van der Waals surface area (Å²) in [6, 6.07) is 19.7. The molecule has 0 aliphatic carbocycles. The Hall–Kier alpha value is -3.41. The first-order valence-corrected chi connectivity index (χ1v) is 15.0. The minimum atomic E-state index is -3.75. The number of sulfonamides is 2. The maximum atomic E-state index is 13.5. The first-order chi connectivity index (χ1) is 17.6. The van der Waals surface area contributed by atoms with E-state index in [-0.39, 0.29) is 34.1 Å². The summed E-state index contributed by atoms with van der Waals surface area (Å²) in [5.41, 5.74) is 1.23. The van der Waals surface area contributed by atoms with E-state index in [1.165, 1.54) is 40.0 Å². The number of anilines is 2. The number of nitrogens with zero attached hydrogens (tertiary/aromatic N) is 2. The molecule has 4 rings (SSSR count). The fraction of sp³-hybridized carbons (Fsp3) is 0.269. The minimum Gasteiger partial charge on any atom is -0.495 e. The second-order valence-electron chi connectivity index (χ2n) is 8.70. The van der Waals surface area contributed by atoms with Gasteiger partial charge in [-0.2, -0.15) is 4.31 Å². The van der Waals surface area contributed by atoms with Crippen molar-refractivity contribution >= 4 is 37.3 Å². The van der Waals surface area contributed by atoms with Gasteiger partial charge in [-0.05, 0) is 48.7 Å². The Bertz CT molecular complexity index is 1490. The summed E-state index contributed by atoms with van der Waals surface area (Å²) in [5, 5.41) is 2.72. The number of para-hydroxylation sites is 1. The molecule has 0 bridgehead atoms. The predicted molar refractivity (Wildman–Crippen MR) is 143 cm³/mol. The van der Waals surface area contributed by atoms with Crippen LogP contribution in [-0.4, -0.2) is 53.5 Å². The van der Waals surface area contributed by atoms with Crippen molar-refractivity contribution in [3.8, 4) is 5.75 Å². The van der Waals surface area contributed by atoms with Crippen LogP contribution in [0.15, 0.2) is 77.7 Å². The molecule has 1 saturated heterocycles. The standard InChI is InChI=1S/C26H29N3O6S2/c1-35-25-15-14-21(37(33,34)28-16-8-9-17-28)18-23(25)27-26(30)22-12-6-7-13-24(22)29(36(2,31)32)19-20-10-4-3-5-11-20/h3-7,10-15,18H,8-9,16-17,19H2,1-2H3,(H,27,30). The molecule has 3 aromatic rings. The van der Waals surface area contributed by atoms with Crippen LogP contribution in [-0.2, 0) is 26.6 Å². The second kappa shape index (κ2) is 10.9. The number of nitrogens with one attached hydrogen (secondary N) is 1. The number of hydrogen-bond donors (Lipinski definition) is 1. The summed E-state index contributed by atoms with van der Waals surface area (Å²) in [6.45, 7) is 0.940. The van der Waals surface area contributed by atoms with Gasteiger partial charge in [-0.25, -0.2) is 16.8 Å². The molecule has 0 aromatic heterocycles. The number of benzene rings is 3. The number of carbonyl (C=O) groups excluding carboxylic acids is 1. The van der Waals surface area contributed by atoms with E-state index in [9.17, 15) is 21.6 Å². The normalized spacial score (nSPS) is 14.3. The van der Waals surface area contributed by atoms with Gasteiger partial charge in [0.1, 0.15) is 5.75 Å². The van der Waals surface area contributed by atoms with E-state index in [2.05, 4.69) is 5.32 Å². The Morgan fingerprint density at radius 3 is 2.24 bits per heavy atom. The van der Waals surface area contributed by atoms with Crippen molar-refractivity contribution in [1.82, 2.24) is 4.31 Å². The molecule has 11 heteroatoms. The molecule has 0 unspecified atom stereocenters. The Labute approximate surface area is 217 Å². The number of methoxy groups -OCH3 is 1. The molecular formula is C26H29N3O6S2. The number of carbonyl (C=O) groups is 1. The molecule has 0 atom stereocenters. The van der Waals surface area contributed by atoms with Gasteiger partial charge in [-0.15, -0.1) is 0 Å². The molecule has 0 radical (unpaired) electrons. The summed E-state index contributed by atoms with van der Waals surface area (Å²) >= 11 is 0. The van der Waals surface area contributed by atoms with Crippen LogP contribution in [0.4, 0.5) is 11.4 Å². The van der Waals surface area contributed by atoms with Crippen molar-refractivity contribution in [1.29, 1.82) is 0 Å². The molecule has 0 spiro atoms. The number of hydrogen-bond acceptors (Lipinski definition) is 6. The Kier molecular flexibility index (Phi) is 7.86. The van der Waals surface area contributed by atoms with Crippen LogP contribution < -0.4 is 14.4 Å². The number of ether oxygens (including phenoxy) is 1. The molecule has 196 valence electrons. The monoisotopic (exact) mass is 543 g/mol. The quantitative estimate of drug-likeness (QED) is 0.440. The highest BCUT2D eigenvalue weighted by Gasteiger charge is 2.29. The fourth-order valence-electron chi connectivity index (χ4n) is 4.23. The topological polar surface area (TPSA) is 113 Å². The van der Waals surface area contributed by atoms with Crippen molar-refractivity contribution in [3.05, 3.63) is 83.9 Å². The van der Waals surface area contributed by atoms with Crippen LogP contribution in [0, 0.1) is 0 Å². The maximum absolute atomic E-state index is 13.5. The zero-order valence-corrected chi connectivity index (χ0v) is 22.3. The molecule has 9 nitrogen and oxygen atoms in total. The third kappa shape index (κ3) is 5.95. The zero-order valence-electron chi connectivity index (χ0n) is 20.6. The van der Waals surface area contributed by atoms with Crippen LogP contribution in [0.25, 0.3) is 0 Å². The van der Waals surface area contributed by atoms with E-state index >= 15 is 0 Å². The Morgan fingerprint density at radius 2 is 1.59 bits per heavy atom. The number of amides is 1. The Balaban J connectivity index is 1.69. The SMILES string of the molecule is COc1ccc(S(=O)(=O)N2CCCC2)cc1NC(=O)c1ccccc1N(Cc1ccccc1)S(C)(=O)=O. The van der Waals surface area contributed by atoms with Crippen LogP contribution in [0.5, 0.6) is 5.75 Å². The lowest BCUT2D eigenvalue weighted by Crippen LogP contribution is -2.31. The van der Waals surface area contributed by atoms with E-state index in [1.807, 2.05) is 18.2 Å². The average Bonchev–Trinajstić information content (AvgIpc) is 3.43. The Morgan fingerprint density at radius 1 is 0.946 bits per heavy atom. The van der Waals surface area contributed by atoms with Gasteiger partial charge in [-0.1, -0.05) is 42.5 Å². The molecule has 3 aromatic carbocycles. The van der Waals surface area contributed by atoms with Gasteiger partial charge >= 0.3 is 0 Å². The molecule has 1 fully saturated rings. The summed E-state index contributed by atoms with van der Waals surface area (Å²) in [7, 11) is -6.06. The van der Waals surface area contributed by atoms with Crippen molar-refractivity contribution in [3.63, 3.8) is 0 Å². The van der Waals surface area contributed by atoms with Crippen molar-refractivity contribution in [2.75, 3.05) is 36.1 Å². The van der Waals surface area contributed by atoms with Gasteiger partial charge in [0.05, 0.1) is 41.7 Å². The lowest BCUT2D eigenvalue weighted by Gasteiger charge is -2.25. The van der Waals surface area contributed by atoms with Crippen LogP contribution in [0.1, 0.15) is 28.8 Å². The summed E-state index contributed by atoms with van der Waals surface area (Å²) in [4.78, 5) is 13.5. The summed E-state index contributed by atoms with van der Waals surface area (Å²) < 4.78 is 59.6. The first kappa shape index (κ1) is 26.6. The molecule has 0 saturated carbocycles. The molecule has 37 heavy (non-hydrogen) atoms. The first-order valence-electron chi connectivity index (χ1n) is 11.7. The van der Waals surface area contributed by atoms with E-state index < -0.39 is 26.0 Å². The molecule has 1 aliphatic heterocycles. The molecule has 1 N–H and O–H groups in total. The van der Waals surface area contributed by atoms with Crippen LogP contribution >= 0.6 is 0 Å². The highest BCUT2D eigenvalue weighted by Crippen LogP contribution is 2.32. The highest BCUT2D eigenvalue weighted by molar-refractivity contribution is 7.92. The van der Waals surface area contributed by atoms with E-state index in [0.29, 0.717) is 13.1 Å². The van der Waals surface area contributed by atoms with Gasteiger partial charge < -0.3 is 10.1 Å². The maximum Gasteiger partial charge on any atom is 0.257 e. The molecule has 1 heterocycles. The molecule has 1 aliphatic rings. The third-order valence-electron chi connectivity index (χ3n) is 6.11. The summed E-state index contributed by atoms with van der Waals surface area (Å²) in [5.74, 6) is -0.332. The van der Waals surface area contributed by atoms with Gasteiger partial charge in [0.15, 0.2) is 0 Å². The van der Waals surface area contributed by atoms with Crippen molar-refractivity contribution < 1.29 is 26.4 Å². The van der Waals surface area contributed by atoms with Crippen molar-refractivity contribution in [2.45, 2.75) is 24.3 Å². The summed E-state index contributed by atoms with van der Waals surface area (Å²) in [6.07, 6.45) is 2.69. The van der Waals surface area contributed by atoms with Crippen LogP contribution in [0.3, 0.4) is 0 Å². The fourth-order valence-corrected chi connectivity index (χ4v) is 6.67. The smallest absolute Gasteiger partial charge is 0.257 e. The van der Waals surface area contributed by atoms with Gasteiger partial charge in [0, 0.05) is 13.1 Å². The highest BCUT2D eigenvalue weighted by atomic mass is 32.2. The lowest BCUT2D eigenvalue weighted by atomic mass is 10.1. The van der Waals surface area contributed by atoms with E-state index in [4.69, 9.17) is 4.74 Å². The van der Waals surface area contributed by atoms with Crippen molar-refractivity contribution in [2.24, 2.45) is 0 Å². The number of rotatable bonds is 9. The van der Waals surface area contributed by atoms with E-state index in [0.717, 1.165) is 24.7 Å². The van der Waals surface area contributed by atoms with Gasteiger partial charge in [0.25, 0.3) is 5.91 Å². The zero-order chi connectivity index (χ0) is 26.6. The third-order valence-corrected chi connectivity index (χ3v) is 9.13. The van der Waals surface area contributed by atoms with Gasteiger partial charge in [0.2, 0.25) is 20.0 Å². The van der Waals surface area contributed by atoms with Crippen LogP contribution in [0.2, 0.25) is 0 Å². The largest absolute Gasteiger partial charge is 0.495 e. The molecule has 1 amide bonds. The average molecular weight is 544 g/mol. The van der Waals surface area contributed by atoms with E-state index in [1.54, 1.807) is 30.3 Å². The molecular weight excluding hydrogens is 514 g/mol. The minimum absolute atomic E-state index is 0.0385. The second-order valence-corrected chi connectivity index (χ2v) is 12.5. The predicted octanol–water partition coefficient (Wildman–Crippen LogP) is 3.70. The lowest BCUT2D eigenvalue weighted by molar-refractivity contribution is 0.102.